The molecule has 102 valence electrons. The van der Waals surface area contributed by atoms with Gasteiger partial charge in [-0.05, 0) is 26.0 Å². The van der Waals surface area contributed by atoms with Crippen molar-refractivity contribution in [2.75, 3.05) is 5.32 Å². The van der Waals surface area contributed by atoms with Gasteiger partial charge in [0.05, 0.1) is 6.54 Å². The summed E-state index contributed by atoms with van der Waals surface area (Å²) in [5, 5.41) is 20.6. The molecule has 0 amide bonds. The van der Waals surface area contributed by atoms with E-state index in [2.05, 4.69) is 15.3 Å². The number of aromatic carboxylic acids is 1. The van der Waals surface area contributed by atoms with Gasteiger partial charge in [-0.15, -0.1) is 0 Å². The Morgan fingerprint density at radius 2 is 2.20 bits per heavy atom. The topological polar surface area (TPSA) is 112 Å². The fourth-order valence-electron chi connectivity index (χ4n) is 1.71. The smallest absolute Gasteiger partial charge is 0.339 e. The molecule has 0 saturated carbocycles. The van der Waals surface area contributed by atoms with Crippen molar-refractivity contribution in [2.24, 2.45) is 0 Å². The average Bonchev–Trinajstić information content (AvgIpc) is 2.77. The van der Waals surface area contributed by atoms with Crippen molar-refractivity contribution in [1.82, 2.24) is 9.97 Å². The molecule has 0 aliphatic rings. The summed E-state index contributed by atoms with van der Waals surface area (Å²) in [5.74, 6) is 0.0734. The van der Waals surface area contributed by atoms with Crippen molar-refractivity contribution in [3.8, 4) is 6.07 Å². The standard InChI is InChI=1S/C13H12N4O3/c1-7-3-9(5-14)17-13(16-7)15-6-10-4-11(12(18)19)8(2)20-10/h3-4H,6H2,1-2H3,(H,18,19)(H,15,16,17). The molecule has 20 heavy (non-hydrogen) atoms. The van der Waals surface area contributed by atoms with E-state index >= 15 is 0 Å². The third-order valence-corrected chi connectivity index (χ3v) is 2.59. The SMILES string of the molecule is Cc1cc(C#N)nc(NCc2cc(C(=O)O)c(C)o2)n1. The molecule has 0 unspecified atom stereocenters. The van der Waals surface area contributed by atoms with Gasteiger partial charge in [-0.2, -0.15) is 5.26 Å². The maximum atomic E-state index is 10.9. The van der Waals surface area contributed by atoms with Crippen molar-refractivity contribution in [3.05, 3.63) is 40.6 Å². The number of furan rings is 1. The number of hydrogen-bond donors (Lipinski definition) is 2. The molecule has 7 heteroatoms. The quantitative estimate of drug-likeness (QED) is 0.873. The largest absolute Gasteiger partial charge is 0.478 e. The molecule has 2 rings (SSSR count). The van der Waals surface area contributed by atoms with Crippen LogP contribution >= 0.6 is 0 Å². The zero-order chi connectivity index (χ0) is 14.7. The van der Waals surface area contributed by atoms with E-state index in [0.717, 1.165) is 0 Å². The van der Waals surface area contributed by atoms with E-state index in [4.69, 9.17) is 14.8 Å². The van der Waals surface area contributed by atoms with E-state index in [0.29, 0.717) is 23.2 Å². The minimum absolute atomic E-state index is 0.129. The van der Waals surface area contributed by atoms with E-state index in [9.17, 15) is 4.79 Å². The Hall–Kier alpha value is -2.88. The van der Waals surface area contributed by atoms with Crippen LogP contribution in [0.4, 0.5) is 5.95 Å². The van der Waals surface area contributed by atoms with Gasteiger partial charge in [0.1, 0.15) is 28.8 Å². The minimum atomic E-state index is -1.03. The Kier molecular flexibility index (Phi) is 3.66. The van der Waals surface area contributed by atoms with Crippen LogP contribution in [-0.4, -0.2) is 21.0 Å². The Balaban J connectivity index is 2.13. The van der Waals surface area contributed by atoms with Gasteiger partial charge in [-0.1, -0.05) is 0 Å². The van der Waals surface area contributed by atoms with Gasteiger partial charge in [0.2, 0.25) is 5.95 Å². The van der Waals surface area contributed by atoms with Gasteiger partial charge >= 0.3 is 5.97 Å². The molecule has 0 radical (unpaired) electrons. The number of anilines is 1. The van der Waals surface area contributed by atoms with Crippen LogP contribution in [0.2, 0.25) is 0 Å². The van der Waals surface area contributed by atoms with Crippen LogP contribution in [-0.2, 0) is 6.54 Å². The van der Waals surface area contributed by atoms with Gasteiger partial charge in [0, 0.05) is 5.69 Å². The molecule has 0 saturated heterocycles. The number of nitriles is 1. The molecule has 0 aromatic carbocycles. The highest BCUT2D eigenvalue weighted by Crippen LogP contribution is 2.15. The lowest BCUT2D eigenvalue weighted by Crippen LogP contribution is -2.05. The van der Waals surface area contributed by atoms with Crippen LogP contribution in [0.3, 0.4) is 0 Å². The van der Waals surface area contributed by atoms with Gasteiger partial charge < -0.3 is 14.8 Å². The van der Waals surface area contributed by atoms with Crippen molar-refractivity contribution < 1.29 is 14.3 Å². The zero-order valence-electron chi connectivity index (χ0n) is 11.0. The summed E-state index contributed by atoms with van der Waals surface area (Å²) < 4.78 is 5.32. The summed E-state index contributed by atoms with van der Waals surface area (Å²) in [6.45, 7) is 3.58. The third-order valence-electron chi connectivity index (χ3n) is 2.59. The molecule has 2 aromatic rings. The lowest BCUT2D eigenvalue weighted by atomic mass is 10.2. The van der Waals surface area contributed by atoms with Gasteiger partial charge in [0.15, 0.2) is 0 Å². The number of carboxylic acids is 1. The highest BCUT2D eigenvalue weighted by molar-refractivity contribution is 5.88. The normalized spacial score (nSPS) is 10.1. The molecule has 0 aliphatic carbocycles. The lowest BCUT2D eigenvalue weighted by Gasteiger charge is -2.03. The number of nitrogens with zero attached hydrogens (tertiary/aromatic N) is 3. The molecule has 7 nitrogen and oxygen atoms in total. The summed E-state index contributed by atoms with van der Waals surface area (Å²) in [5.41, 5.74) is 1.06. The molecule has 0 spiro atoms. The highest BCUT2D eigenvalue weighted by atomic mass is 16.4. The van der Waals surface area contributed by atoms with Crippen LogP contribution in [0.5, 0.6) is 0 Å². The number of rotatable bonds is 4. The predicted molar refractivity (Wildman–Crippen MR) is 69.2 cm³/mol. The number of aromatic nitrogens is 2. The van der Waals surface area contributed by atoms with E-state index < -0.39 is 5.97 Å². The second-order valence-corrected chi connectivity index (χ2v) is 4.17. The maximum absolute atomic E-state index is 10.9. The number of carbonyl (C=O) groups is 1. The van der Waals surface area contributed by atoms with Crippen LogP contribution < -0.4 is 5.32 Å². The molecule has 0 fully saturated rings. The maximum Gasteiger partial charge on any atom is 0.339 e. The third kappa shape index (κ3) is 2.92. The second kappa shape index (κ2) is 5.40. The van der Waals surface area contributed by atoms with E-state index in [1.165, 1.54) is 6.07 Å². The van der Waals surface area contributed by atoms with E-state index in [1.54, 1.807) is 19.9 Å². The lowest BCUT2D eigenvalue weighted by molar-refractivity contribution is 0.0695. The van der Waals surface area contributed by atoms with Crippen LogP contribution in [0.1, 0.15) is 33.3 Å². The number of nitrogens with one attached hydrogen (secondary N) is 1. The van der Waals surface area contributed by atoms with Gasteiger partial charge in [-0.25, -0.2) is 14.8 Å². The predicted octanol–water partition coefficient (Wildman–Crippen LogP) is 1.87. The number of carboxylic acid groups (broad SMARTS) is 1. The van der Waals surface area contributed by atoms with Crippen molar-refractivity contribution >= 4 is 11.9 Å². The van der Waals surface area contributed by atoms with E-state index in [-0.39, 0.29) is 17.8 Å². The van der Waals surface area contributed by atoms with Gasteiger partial charge in [0.25, 0.3) is 0 Å². The first-order valence-electron chi connectivity index (χ1n) is 5.82. The zero-order valence-corrected chi connectivity index (χ0v) is 11.0. The fraction of sp³-hybridized carbons (Fsp3) is 0.231. The molecule has 2 N–H and O–H groups in total. The first kappa shape index (κ1) is 13.5. The average molecular weight is 272 g/mol. The Morgan fingerprint density at radius 1 is 1.45 bits per heavy atom. The molecule has 0 bridgehead atoms. The molecule has 0 atom stereocenters. The van der Waals surface area contributed by atoms with Crippen molar-refractivity contribution in [1.29, 1.82) is 5.26 Å². The summed E-state index contributed by atoms with van der Waals surface area (Å²) >= 11 is 0. The molecule has 2 heterocycles. The summed E-state index contributed by atoms with van der Waals surface area (Å²) in [4.78, 5) is 19.0. The van der Waals surface area contributed by atoms with Crippen LogP contribution in [0.15, 0.2) is 16.5 Å². The van der Waals surface area contributed by atoms with Crippen LogP contribution in [0.25, 0.3) is 0 Å². The Bertz CT molecular complexity index is 700. The molecule has 2 aromatic heterocycles. The molecular weight excluding hydrogens is 260 g/mol. The second-order valence-electron chi connectivity index (χ2n) is 4.17. The Morgan fingerprint density at radius 3 is 2.80 bits per heavy atom. The summed E-state index contributed by atoms with van der Waals surface area (Å²) in [6.07, 6.45) is 0. The first-order valence-corrected chi connectivity index (χ1v) is 5.82. The summed E-state index contributed by atoms with van der Waals surface area (Å²) in [6, 6.07) is 4.97. The number of aryl methyl sites for hydroxylation is 2. The Labute approximate surface area is 114 Å². The minimum Gasteiger partial charge on any atom is -0.478 e. The summed E-state index contributed by atoms with van der Waals surface area (Å²) in [7, 11) is 0. The highest BCUT2D eigenvalue weighted by Gasteiger charge is 2.13. The molecular formula is C13H12N4O3. The van der Waals surface area contributed by atoms with Gasteiger partial charge in [-0.3, -0.25) is 0 Å². The van der Waals surface area contributed by atoms with Crippen molar-refractivity contribution in [2.45, 2.75) is 20.4 Å². The first-order chi connectivity index (χ1) is 9.49. The number of hydrogen-bond acceptors (Lipinski definition) is 6. The van der Waals surface area contributed by atoms with E-state index in [1.807, 2.05) is 6.07 Å². The van der Waals surface area contributed by atoms with Crippen molar-refractivity contribution in [3.63, 3.8) is 0 Å². The molecule has 0 aliphatic heterocycles. The fourth-order valence-corrected chi connectivity index (χ4v) is 1.71. The van der Waals surface area contributed by atoms with Crippen LogP contribution in [0, 0.1) is 25.2 Å². The monoisotopic (exact) mass is 272 g/mol.